The van der Waals surface area contributed by atoms with E-state index in [0.717, 1.165) is 10.1 Å². The largest absolute Gasteiger partial charge is 0.383 e. The number of fused-ring (bicyclic) bond motifs is 1. The van der Waals surface area contributed by atoms with Crippen LogP contribution in [0.3, 0.4) is 0 Å². The first-order valence-electron chi connectivity index (χ1n) is 9.19. The number of imidazole rings is 1. The lowest BCUT2D eigenvalue weighted by molar-refractivity contribution is 0.184. The summed E-state index contributed by atoms with van der Waals surface area (Å²) in [7, 11) is 1.50. The molecule has 0 aliphatic heterocycles. The number of ether oxygens (including phenoxy) is 1. The zero-order valence-corrected chi connectivity index (χ0v) is 16.8. The average Bonchev–Trinajstić information content (AvgIpc) is 3.13. The minimum Gasteiger partial charge on any atom is -0.383 e. The van der Waals surface area contributed by atoms with E-state index in [0.29, 0.717) is 17.3 Å². The standard InChI is InChI=1S/C21H18ClFN4O3/c1-30-10-9-26-20(28)18-19(27(21(26)29)17-4-2-3-15(22)11-17)24-13-25(18)12-14-5-7-16(23)8-6-14/h2-8,11,13H,9-10,12H2,1H3. The number of rotatable bonds is 6. The fourth-order valence-electron chi connectivity index (χ4n) is 3.31. The molecular weight excluding hydrogens is 411 g/mol. The lowest BCUT2D eigenvalue weighted by atomic mass is 10.2. The molecule has 0 aliphatic carbocycles. The Morgan fingerprint density at radius 3 is 2.60 bits per heavy atom. The predicted octanol–water partition coefficient (Wildman–Crippen LogP) is 2.84. The Labute approximate surface area is 175 Å². The van der Waals surface area contributed by atoms with Crippen LogP contribution in [0.15, 0.2) is 64.4 Å². The van der Waals surface area contributed by atoms with Gasteiger partial charge in [-0.2, -0.15) is 0 Å². The molecule has 0 bridgehead atoms. The van der Waals surface area contributed by atoms with Crippen LogP contribution >= 0.6 is 11.6 Å². The van der Waals surface area contributed by atoms with Crippen LogP contribution in [-0.4, -0.2) is 32.4 Å². The maximum Gasteiger partial charge on any atom is 0.337 e. The zero-order chi connectivity index (χ0) is 21.3. The smallest absolute Gasteiger partial charge is 0.337 e. The molecule has 0 fully saturated rings. The summed E-state index contributed by atoms with van der Waals surface area (Å²) in [6.45, 7) is 0.582. The second kappa shape index (κ2) is 8.25. The molecule has 2 heterocycles. The lowest BCUT2D eigenvalue weighted by Crippen LogP contribution is -2.41. The number of methoxy groups -OCH3 is 1. The number of hydrogen-bond acceptors (Lipinski definition) is 4. The SMILES string of the molecule is COCCn1c(=O)c2c(ncn2Cc2ccc(F)cc2)n(-c2cccc(Cl)c2)c1=O. The highest BCUT2D eigenvalue weighted by atomic mass is 35.5. The summed E-state index contributed by atoms with van der Waals surface area (Å²) >= 11 is 6.12. The van der Waals surface area contributed by atoms with E-state index in [1.165, 1.54) is 30.1 Å². The summed E-state index contributed by atoms with van der Waals surface area (Å²) in [5.74, 6) is -0.342. The van der Waals surface area contributed by atoms with Crippen LogP contribution < -0.4 is 11.2 Å². The van der Waals surface area contributed by atoms with Gasteiger partial charge in [0.1, 0.15) is 5.82 Å². The summed E-state index contributed by atoms with van der Waals surface area (Å²) in [5, 5.41) is 0.452. The van der Waals surface area contributed by atoms with Crippen molar-refractivity contribution in [2.75, 3.05) is 13.7 Å². The van der Waals surface area contributed by atoms with Crippen LogP contribution in [-0.2, 0) is 17.8 Å². The van der Waals surface area contributed by atoms with Gasteiger partial charge in [-0.05, 0) is 35.9 Å². The topological polar surface area (TPSA) is 71.1 Å². The van der Waals surface area contributed by atoms with E-state index in [2.05, 4.69) is 4.98 Å². The van der Waals surface area contributed by atoms with Crippen molar-refractivity contribution < 1.29 is 9.13 Å². The van der Waals surface area contributed by atoms with E-state index in [1.54, 1.807) is 41.0 Å². The Morgan fingerprint density at radius 2 is 1.90 bits per heavy atom. The van der Waals surface area contributed by atoms with Crippen molar-refractivity contribution >= 4 is 22.8 Å². The number of halogens is 2. The molecule has 0 aliphatic rings. The Bertz CT molecular complexity index is 1330. The van der Waals surface area contributed by atoms with Gasteiger partial charge >= 0.3 is 5.69 Å². The average molecular weight is 429 g/mol. The highest BCUT2D eigenvalue weighted by Crippen LogP contribution is 2.18. The summed E-state index contributed by atoms with van der Waals surface area (Å²) in [4.78, 5) is 30.7. The molecule has 4 rings (SSSR count). The molecule has 0 saturated carbocycles. The monoisotopic (exact) mass is 428 g/mol. The van der Waals surface area contributed by atoms with Gasteiger partial charge in [-0.1, -0.05) is 29.8 Å². The van der Waals surface area contributed by atoms with Gasteiger partial charge in [-0.15, -0.1) is 0 Å². The van der Waals surface area contributed by atoms with Gasteiger partial charge in [-0.3, -0.25) is 9.36 Å². The van der Waals surface area contributed by atoms with E-state index < -0.39 is 11.2 Å². The molecular formula is C21H18ClFN4O3. The molecule has 0 N–H and O–H groups in total. The van der Waals surface area contributed by atoms with E-state index in [-0.39, 0.29) is 30.1 Å². The molecule has 0 atom stereocenters. The Morgan fingerprint density at radius 1 is 1.13 bits per heavy atom. The van der Waals surface area contributed by atoms with Crippen LogP contribution in [0.2, 0.25) is 5.02 Å². The first-order valence-corrected chi connectivity index (χ1v) is 9.57. The van der Waals surface area contributed by atoms with E-state index in [9.17, 15) is 14.0 Å². The van der Waals surface area contributed by atoms with Gasteiger partial charge in [0.05, 0.1) is 25.2 Å². The first kappa shape index (κ1) is 20.1. The molecule has 9 heteroatoms. The van der Waals surface area contributed by atoms with Crippen molar-refractivity contribution in [3.8, 4) is 5.69 Å². The number of aromatic nitrogens is 4. The lowest BCUT2D eigenvalue weighted by Gasteiger charge is -2.13. The second-order valence-electron chi connectivity index (χ2n) is 6.72. The third-order valence-corrected chi connectivity index (χ3v) is 4.99. The predicted molar refractivity (Wildman–Crippen MR) is 112 cm³/mol. The summed E-state index contributed by atoms with van der Waals surface area (Å²) in [6.07, 6.45) is 1.50. The zero-order valence-electron chi connectivity index (χ0n) is 16.1. The highest BCUT2D eigenvalue weighted by molar-refractivity contribution is 6.30. The maximum absolute atomic E-state index is 13.2. The first-order chi connectivity index (χ1) is 14.5. The molecule has 30 heavy (non-hydrogen) atoms. The van der Waals surface area contributed by atoms with Gasteiger partial charge in [-0.25, -0.2) is 18.7 Å². The molecule has 0 radical (unpaired) electrons. The van der Waals surface area contributed by atoms with Crippen molar-refractivity contribution in [1.29, 1.82) is 0 Å². The molecule has 4 aromatic rings. The van der Waals surface area contributed by atoms with Gasteiger partial charge in [0.2, 0.25) is 0 Å². The van der Waals surface area contributed by atoms with Gasteiger partial charge in [0.25, 0.3) is 5.56 Å². The molecule has 0 amide bonds. The van der Waals surface area contributed by atoms with Crippen LogP contribution in [0.5, 0.6) is 0 Å². The fourth-order valence-corrected chi connectivity index (χ4v) is 3.50. The maximum atomic E-state index is 13.2. The van der Waals surface area contributed by atoms with Crippen molar-refractivity contribution in [2.45, 2.75) is 13.1 Å². The second-order valence-corrected chi connectivity index (χ2v) is 7.16. The van der Waals surface area contributed by atoms with Crippen LogP contribution in [0, 0.1) is 5.82 Å². The molecule has 7 nitrogen and oxygen atoms in total. The minimum absolute atomic E-state index is 0.0897. The molecule has 2 aromatic heterocycles. The Hall–Kier alpha value is -3.23. The van der Waals surface area contributed by atoms with Crippen LogP contribution in [0.25, 0.3) is 16.9 Å². The van der Waals surface area contributed by atoms with E-state index in [4.69, 9.17) is 16.3 Å². The summed E-state index contributed by atoms with van der Waals surface area (Å²) in [5.41, 5.74) is 0.775. The molecule has 2 aromatic carbocycles. The number of nitrogens with zero attached hydrogens (tertiary/aromatic N) is 4. The quantitative estimate of drug-likeness (QED) is 0.473. The van der Waals surface area contributed by atoms with Crippen LogP contribution in [0.1, 0.15) is 5.56 Å². The Balaban J connectivity index is 1.96. The fraction of sp³-hybridized carbons (Fsp3) is 0.190. The third-order valence-electron chi connectivity index (χ3n) is 4.75. The molecule has 154 valence electrons. The number of benzene rings is 2. The van der Waals surface area contributed by atoms with Crippen molar-refractivity contribution in [3.63, 3.8) is 0 Å². The van der Waals surface area contributed by atoms with Crippen molar-refractivity contribution in [2.24, 2.45) is 0 Å². The molecule has 0 saturated heterocycles. The van der Waals surface area contributed by atoms with Gasteiger partial charge in [0.15, 0.2) is 11.2 Å². The molecule has 0 unspecified atom stereocenters. The van der Waals surface area contributed by atoms with Crippen molar-refractivity contribution in [1.82, 2.24) is 18.7 Å². The highest BCUT2D eigenvalue weighted by Gasteiger charge is 2.19. The Kier molecular flexibility index (Phi) is 5.52. The minimum atomic E-state index is -0.529. The van der Waals surface area contributed by atoms with E-state index in [1.807, 2.05) is 0 Å². The summed E-state index contributed by atoms with van der Waals surface area (Å²) in [6, 6.07) is 12.7. The normalized spacial score (nSPS) is 11.3. The van der Waals surface area contributed by atoms with Gasteiger partial charge < -0.3 is 9.30 Å². The van der Waals surface area contributed by atoms with Gasteiger partial charge in [0, 0.05) is 18.7 Å². The number of hydrogen-bond donors (Lipinski definition) is 0. The summed E-state index contributed by atoms with van der Waals surface area (Å²) < 4.78 is 22.4. The van der Waals surface area contributed by atoms with Crippen LogP contribution in [0.4, 0.5) is 4.39 Å². The third kappa shape index (κ3) is 3.67. The van der Waals surface area contributed by atoms with Crippen molar-refractivity contribution in [3.05, 3.63) is 92.1 Å². The van der Waals surface area contributed by atoms with E-state index >= 15 is 0 Å². The molecule has 0 spiro atoms.